The van der Waals surface area contributed by atoms with Crippen molar-refractivity contribution in [1.29, 1.82) is 0 Å². The topological polar surface area (TPSA) is 50.2 Å². The van der Waals surface area contributed by atoms with E-state index in [0.717, 1.165) is 12.1 Å². The van der Waals surface area contributed by atoms with Crippen molar-refractivity contribution in [2.45, 2.75) is 46.1 Å². The second-order valence-corrected chi connectivity index (χ2v) is 6.29. The number of rotatable bonds is 6. The summed E-state index contributed by atoms with van der Waals surface area (Å²) in [6.07, 6.45) is -1.09. The van der Waals surface area contributed by atoms with Crippen LogP contribution in [0.15, 0.2) is 36.7 Å². The first-order valence-electron chi connectivity index (χ1n) is 8.42. The van der Waals surface area contributed by atoms with Crippen LogP contribution in [0.2, 0.25) is 0 Å². The third kappa shape index (κ3) is 5.24. The van der Waals surface area contributed by atoms with E-state index in [0.29, 0.717) is 17.9 Å². The van der Waals surface area contributed by atoms with Crippen molar-refractivity contribution in [2.24, 2.45) is 0 Å². The second-order valence-electron chi connectivity index (χ2n) is 6.29. The molecule has 0 radical (unpaired) electrons. The van der Waals surface area contributed by atoms with Crippen molar-refractivity contribution in [1.82, 2.24) is 19.8 Å². The lowest BCUT2D eigenvalue weighted by molar-refractivity contribution is -0.137. The molecule has 5 nitrogen and oxygen atoms in total. The molecule has 0 unspecified atom stereocenters. The molecule has 0 bridgehead atoms. The molecule has 26 heavy (non-hydrogen) atoms. The van der Waals surface area contributed by atoms with Crippen LogP contribution in [0, 0.1) is 0 Å². The Morgan fingerprint density at radius 2 is 2.08 bits per heavy atom. The van der Waals surface area contributed by atoms with E-state index < -0.39 is 11.7 Å². The molecular formula is C18H23F3N4O. The Bertz CT molecular complexity index is 740. The van der Waals surface area contributed by atoms with Gasteiger partial charge in [-0.15, -0.1) is 0 Å². The zero-order valence-corrected chi connectivity index (χ0v) is 15.0. The van der Waals surface area contributed by atoms with Crippen molar-refractivity contribution < 1.29 is 18.0 Å². The summed E-state index contributed by atoms with van der Waals surface area (Å²) in [5.41, 5.74) is -0.156. The minimum absolute atomic E-state index is 0.0152. The Balaban J connectivity index is 2.14. The van der Waals surface area contributed by atoms with Gasteiger partial charge in [0.15, 0.2) is 0 Å². The number of aromatic nitrogens is 2. The van der Waals surface area contributed by atoms with E-state index in [1.807, 2.05) is 20.8 Å². The van der Waals surface area contributed by atoms with Crippen molar-refractivity contribution in [3.05, 3.63) is 53.6 Å². The van der Waals surface area contributed by atoms with Crippen LogP contribution in [0.25, 0.3) is 0 Å². The van der Waals surface area contributed by atoms with Gasteiger partial charge in [-0.1, -0.05) is 12.1 Å². The lowest BCUT2D eigenvalue weighted by Gasteiger charge is -2.23. The number of nitrogens with one attached hydrogen (secondary N) is 1. The van der Waals surface area contributed by atoms with Crippen molar-refractivity contribution >= 4 is 6.03 Å². The summed E-state index contributed by atoms with van der Waals surface area (Å²) < 4.78 is 40.4. The van der Waals surface area contributed by atoms with Crippen LogP contribution in [0.5, 0.6) is 0 Å². The Labute approximate surface area is 150 Å². The van der Waals surface area contributed by atoms with E-state index >= 15 is 0 Å². The van der Waals surface area contributed by atoms with Gasteiger partial charge in [-0.3, -0.25) is 0 Å². The van der Waals surface area contributed by atoms with E-state index in [2.05, 4.69) is 10.3 Å². The number of alkyl halides is 3. The maximum atomic E-state index is 12.9. The normalized spacial score (nSPS) is 11.7. The van der Waals surface area contributed by atoms with Crippen molar-refractivity contribution in [3.63, 3.8) is 0 Å². The molecule has 0 saturated carbocycles. The molecule has 1 aromatic heterocycles. The van der Waals surface area contributed by atoms with Crippen LogP contribution in [-0.2, 0) is 19.3 Å². The number of hydrogen-bond donors (Lipinski definition) is 1. The number of nitrogens with zero attached hydrogens (tertiary/aromatic N) is 3. The Hall–Kier alpha value is -2.51. The molecule has 8 heteroatoms. The Morgan fingerprint density at radius 1 is 1.35 bits per heavy atom. The molecule has 0 spiro atoms. The first-order valence-corrected chi connectivity index (χ1v) is 8.42. The quantitative estimate of drug-likeness (QED) is 0.841. The molecule has 142 valence electrons. The summed E-state index contributed by atoms with van der Waals surface area (Å²) in [6, 6.07) is 5.03. The molecule has 2 amide bonds. The number of hydrogen-bond acceptors (Lipinski definition) is 2. The maximum absolute atomic E-state index is 12.9. The molecule has 0 atom stereocenters. The van der Waals surface area contributed by atoms with E-state index in [1.54, 1.807) is 27.9 Å². The highest BCUT2D eigenvalue weighted by Gasteiger charge is 2.30. The van der Waals surface area contributed by atoms with E-state index in [-0.39, 0.29) is 25.2 Å². The first-order chi connectivity index (χ1) is 12.2. The van der Waals surface area contributed by atoms with Gasteiger partial charge in [0.2, 0.25) is 0 Å². The van der Waals surface area contributed by atoms with Crippen LogP contribution >= 0.6 is 0 Å². The minimum atomic E-state index is -4.37. The summed E-state index contributed by atoms with van der Waals surface area (Å²) in [6.45, 7) is 6.64. The number of imidazole rings is 1. The molecule has 0 aliphatic carbocycles. The predicted molar refractivity (Wildman–Crippen MR) is 92.5 cm³/mol. The average Bonchev–Trinajstić information content (AvgIpc) is 2.98. The zero-order chi connectivity index (χ0) is 19.3. The highest BCUT2D eigenvalue weighted by atomic mass is 19.4. The molecule has 0 aliphatic rings. The maximum Gasteiger partial charge on any atom is 0.416 e. The largest absolute Gasteiger partial charge is 0.416 e. The second kappa shape index (κ2) is 8.25. The number of amides is 2. The molecule has 1 aromatic carbocycles. The van der Waals surface area contributed by atoms with Crippen molar-refractivity contribution in [3.8, 4) is 0 Å². The molecular weight excluding hydrogens is 345 g/mol. The van der Waals surface area contributed by atoms with Gasteiger partial charge in [-0.25, -0.2) is 9.78 Å². The minimum Gasteiger partial charge on any atom is -0.336 e. The third-order valence-corrected chi connectivity index (χ3v) is 3.82. The number of carbonyl (C=O) groups is 1. The third-order valence-electron chi connectivity index (χ3n) is 3.82. The SMILES string of the molecule is CCN(Cc1nccn1Cc1cccc(C(F)(F)F)c1)C(=O)NC(C)C. The summed E-state index contributed by atoms with van der Waals surface area (Å²) in [5.74, 6) is 0.614. The summed E-state index contributed by atoms with van der Waals surface area (Å²) >= 11 is 0. The molecule has 0 saturated heterocycles. The van der Waals surface area contributed by atoms with Gasteiger partial charge in [-0.05, 0) is 38.5 Å². The fraction of sp³-hybridized carbons (Fsp3) is 0.444. The van der Waals surface area contributed by atoms with Crippen LogP contribution in [0.3, 0.4) is 0 Å². The zero-order valence-electron chi connectivity index (χ0n) is 15.0. The van der Waals surface area contributed by atoms with E-state index in [1.165, 1.54) is 6.07 Å². The summed E-state index contributed by atoms with van der Waals surface area (Å²) in [5, 5.41) is 2.82. The highest BCUT2D eigenvalue weighted by molar-refractivity contribution is 5.74. The number of urea groups is 1. The lowest BCUT2D eigenvalue weighted by Crippen LogP contribution is -2.42. The molecule has 2 rings (SSSR count). The van der Waals surface area contributed by atoms with Gasteiger partial charge in [0.05, 0.1) is 12.1 Å². The summed E-state index contributed by atoms with van der Waals surface area (Å²) in [4.78, 5) is 18.0. The number of benzene rings is 1. The van der Waals surface area contributed by atoms with Crippen LogP contribution in [0.1, 0.15) is 37.7 Å². The van der Waals surface area contributed by atoms with Crippen LogP contribution in [-0.4, -0.2) is 33.1 Å². The lowest BCUT2D eigenvalue weighted by atomic mass is 10.1. The molecule has 1 N–H and O–H groups in total. The molecule has 0 aliphatic heterocycles. The fourth-order valence-electron chi connectivity index (χ4n) is 2.51. The van der Waals surface area contributed by atoms with Gasteiger partial charge in [0.25, 0.3) is 0 Å². The van der Waals surface area contributed by atoms with E-state index in [9.17, 15) is 18.0 Å². The van der Waals surface area contributed by atoms with Gasteiger partial charge >= 0.3 is 12.2 Å². The van der Waals surface area contributed by atoms with Gasteiger partial charge < -0.3 is 14.8 Å². The Morgan fingerprint density at radius 3 is 2.69 bits per heavy atom. The van der Waals surface area contributed by atoms with Crippen molar-refractivity contribution in [2.75, 3.05) is 6.54 Å². The number of carbonyl (C=O) groups excluding carboxylic acids is 1. The van der Waals surface area contributed by atoms with E-state index in [4.69, 9.17) is 0 Å². The molecule has 2 aromatic rings. The van der Waals surface area contributed by atoms with Crippen LogP contribution < -0.4 is 5.32 Å². The average molecular weight is 368 g/mol. The molecule has 0 fully saturated rings. The standard InChI is InChI=1S/C18H23F3N4O/c1-4-24(17(26)23-13(2)3)12-16-22-8-9-25(16)11-14-6-5-7-15(10-14)18(19,20)21/h5-10,13H,4,11-12H2,1-3H3,(H,23,26). The van der Waals surface area contributed by atoms with Gasteiger partial charge in [-0.2, -0.15) is 13.2 Å². The Kier molecular flexibility index (Phi) is 6.28. The highest BCUT2D eigenvalue weighted by Crippen LogP contribution is 2.29. The van der Waals surface area contributed by atoms with Crippen LogP contribution in [0.4, 0.5) is 18.0 Å². The first kappa shape index (κ1) is 19.8. The fourth-order valence-corrected chi connectivity index (χ4v) is 2.51. The monoisotopic (exact) mass is 368 g/mol. The van der Waals surface area contributed by atoms with Gasteiger partial charge in [0, 0.05) is 31.5 Å². The van der Waals surface area contributed by atoms with Gasteiger partial charge in [0.1, 0.15) is 5.82 Å². The molecule has 1 heterocycles. The predicted octanol–water partition coefficient (Wildman–Crippen LogP) is 3.89. The summed E-state index contributed by atoms with van der Waals surface area (Å²) in [7, 11) is 0. The number of halogens is 3. The smallest absolute Gasteiger partial charge is 0.336 e.